The number of benzene rings is 2. The largest absolute Gasteiger partial charge is 0.459 e. The second-order valence-corrected chi connectivity index (χ2v) is 5.54. The summed E-state index contributed by atoms with van der Waals surface area (Å²) in [6.07, 6.45) is 0. The standard InChI is InChI=1S/C17H12Cl2FNO/c18-14-4-2-1-3-13(14)17-8-6-12(22-17)10-21-11-5-7-16(20)15(19)9-11/h1-9,21H,10H2. The first kappa shape index (κ1) is 14.9. The Kier molecular flexibility index (Phi) is 4.36. The van der Waals surface area contributed by atoms with Crippen LogP contribution in [0, 0.1) is 5.82 Å². The second kappa shape index (κ2) is 6.42. The first-order valence-electron chi connectivity index (χ1n) is 6.66. The van der Waals surface area contributed by atoms with Gasteiger partial charge >= 0.3 is 0 Å². The lowest BCUT2D eigenvalue weighted by atomic mass is 10.2. The molecule has 0 saturated heterocycles. The molecule has 22 heavy (non-hydrogen) atoms. The van der Waals surface area contributed by atoms with E-state index >= 15 is 0 Å². The highest BCUT2D eigenvalue weighted by Crippen LogP contribution is 2.29. The molecule has 0 aliphatic heterocycles. The van der Waals surface area contributed by atoms with E-state index in [9.17, 15) is 4.39 Å². The van der Waals surface area contributed by atoms with E-state index in [1.807, 2.05) is 36.4 Å². The van der Waals surface area contributed by atoms with Gasteiger partial charge in [-0.1, -0.05) is 35.3 Å². The molecule has 0 bridgehead atoms. The van der Waals surface area contributed by atoms with Crippen LogP contribution in [0.2, 0.25) is 10.0 Å². The van der Waals surface area contributed by atoms with Crippen molar-refractivity contribution in [2.45, 2.75) is 6.54 Å². The molecule has 0 aliphatic rings. The van der Waals surface area contributed by atoms with Gasteiger partial charge in [-0.3, -0.25) is 0 Å². The SMILES string of the molecule is Fc1ccc(NCc2ccc(-c3ccccc3Cl)o2)cc1Cl. The van der Waals surface area contributed by atoms with Gasteiger partial charge in [0.15, 0.2) is 0 Å². The van der Waals surface area contributed by atoms with Gasteiger partial charge in [-0.15, -0.1) is 0 Å². The number of halogens is 3. The van der Waals surface area contributed by atoms with Crippen LogP contribution < -0.4 is 5.32 Å². The van der Waals surface area contributed by atoms with Crippen LogP contribution in [-0.2, 0) is 6.54 Å². The molecule has 1 heterocycles. The first-order chi connectivity index (χ1) is 10.6. The van der Waals surface area contributed by atoms with Crippen LogP contribution in [0.3, 0.4) is 0 Å². The molecule has 0 amide bonds. The van der Waals surface area contributed by atoms with Gasteiger partial charge in [-0.25, -0.2) is 4.39 Å². The number of furan rings is 1. The fourth-order valence-corrected chi connectivity index (χ4v) is 2.48. The van der Waals surface area contributed by atoms with E-state index in [4.69, 9.17) is 27.6 Å². The zero-order valence-electron chi connectivity index (χ0n) is 11.4. The Balaban J connectivity index is 1.72. The molecule has 0 fully saturated rings. The third-order valence-electron chi connectivity index (χ3n) is 3.19. The third-order valence-corrected chi connectivity index (χ3v) is 3.81. The number of hydrogen-bond donors (Lipinski definition) is 1. The van der Waals surface area contributed by atoms with E-state index in [0.717, 1.165) is 17.0 Å². The molecule has 112 valence electrons. The average Bonchev–Trinajstić information content (AvgIpc) is 2.98. The van der Waals surface area contributed by atoms with Gasteiger partial charge < -0.3 is 9.73 Å². The molecule has 2 nitrogen and oxygen atoms in total. The average molecular weight is 336 g/mol. The Hall–Kier alpha value is -1.97. The summed E-state index contributed by atoms with van der Waals surface area (Å²) in [7, 11) is 0. The Labute approximate surface area is 137 Å². The van der Waals surface area contributed by atoms with E-state index in [2.05, 4.69) is 5.32 Å². The molecule has 0 radical (unpaired) electrons. The van der Waals surface area contributed by atoms with Crippen molar-refractivity contribution in [1.82, 2.24) is 0 Å². The summed E-state index contributed by atoms with van der Waals surface area (Å²) in [6.45, 7) is 0.465. The van der Waals surface area contributed by atoms with Gasteiger partial charge in [0.2, 0.25) is 0 Å². The summed E-state index contributed by atoms with van der Waals surface area (Å²) in [5.74, 6) is 1.01. The molecule has 2 aromatic carbocycles. The van der Waals surface area contributed by atoms with Crippen LogP contribution in [-0.4, -0.2) is 0 Å². The van der Waals surface area contributed by atoms with Crippen molar-refractivity contribution in [3.8, 4) is 11.3 Å². The van der Waals surface area contributed by atoms with Crippen LogP contribution in [0.15, 0.2) is 59.0 Å². The smallest absolute Gasteiger partial charge is 0.141 e. The van der Waals surface area contributed by atoms with Crippen molar-refractivity contribution in [3.63, 3.8) is 0 Å². The fraction of sp³-hybridized carbons (Fsp3) is 0.0588. The monoisotopic (exact) mass is 335 g/mol. The summed E-state index contributed by atoms with van der Waals surface area (Å²) in [5, 5.41) is 3.86. The second-order valence-electron chi connectivity index (χ2n) is 4.73. The lowest BCUT2D eigenvalue weighted by Crippen LogP contribution is -1.98. The number of hydrogen-bond acceptors (Lipinski definition) is 2. The summed E-state index contributed by atoms with van der Waals surface area (Å²) >= 11 is 11.9. The van der Waals surface area contributed by atoms with Gasteiger partial charge in [0.1, 0.15) is 17.3 Å². The van der Waals surface area contributed by atoms with Gasteiger partial charge in [0.05, 0.1) is 16.6 Å². The molecule has 0 unspecified atom stereocenters. The van der Waals surface area contributed by atoms with Crippen LogP contribution in [0.1, 0.15) is 5.76 Å². The molecule has 3 rings (SSSR count). The van der Waals surface area contributed by atoms with E-state index in [-0.39, 0.29) is 5.02 Å². The van der Waals surface area contributed by atoms with E-state index in [1.54, 1.807) is 6.07 Å². The minimum absolute atomic E-state index is 0.0844. The molecule has 3 aromatic rings. The molecule has 0 spiro atoms. The minimum atomic E-state index is -0.439. The molecule has 1 N–H and O–H groups in total. The Morgan fingerprint density at radius 3 is 2.55 bits per heavy atom. The van der Waals surface area contributed by atoms with Crippen molar-refractivity contribution in [3.05, 3.63) is 76.2 Å². The van der Waals surface area contributed by atoms with Crippen molar-refractivity contribution >= 4 is 28.9 Å². The molecule has 0 atom stereocenters. The molecule has 0 aliphatic carbocycles. The Morgan fingerprint density at radius 2 is 1.77 bits per heavy atom. The van der Waals surface area contributed by atoms with Crippen LogP contribution >= 0.6 is 23.2 Å². The van der Waals surface area contributed by atoms with Crippen LogP contribution in [0.5, 0.6) is 0 Å². The molecular weight excluding hydrogens is 324 g/mol. The maximum Gasteiger partial charge on any atom is 0.141 e. The van der Waals surface area contributed by atoms with Crippen LogP contribution in [0.25, 0.3) is 11.3 Å². The normalized spacial score (nSPS) is 10.7. The summed E-state index contributed by atoms with van der Waals surface area (Å²) in [6, 6.07) is 15.7. The predicted molar refractivity (Wildman–Crippen MR) is 87.9 cm³/mol. The predicted octanol–water partition coefficient (Wildman–Crippen LogP) is 6.00. The quantitative estimate of drug-likeness (QED) is 0.632. The molecular formula is C17H12Cl2FNO. The number of rotatable bonds is 4. The molecule has 5 heteroatoms. The highest BCUT2D eigenvalue weighted by Gasteiger charge is 2.08. The Bertz CT molecular complexity index is 801. The van der Waals surface area contributed by atoms with E-state index in [1.165, 1.54) is 12.1 Å². The van der Waals surface area contributed by atoms with Crippen molar-refractivity contribution in [1.29, 1.82) is 0 Å². The lowest BCUT2D eigenvalue weighted by Gasteiger charge is -2.05. The number of anilines is 1. The maximum absolute atomic E-state index is 13.1. The topological polar surface area (TPSA) is 25.2 Å². The van der Waals surface area contributed by atoms with Crippen molar-refractivity contribution < 1.29 is 8.81 Å². The zero-order valence-corrected chi connectivity index (χ0v) is 13.0. The van der Waals surface area contributed by atoms with Gasteiger partial charge in [0, 0.05) is 11.3 Å². The Morgan fingerprint density at radius 1 is 0.955 bits per heavy atom. The maximum atomic E-state index is 13.1. The number of nitrogens with one attached hydrogen (secondary N) is 1. The van der Waals surface area contributed by atoms with Crippen molar-refractivity contribution in [2.24, 2.45) is 0 Å². The first-order valence-corrected chi connectivity index (χ1v) is 7.41. The summed E-state index contributed by atoms with van der Waals surface area (Å²) < 4.78 is 18.9. The van der Waals surface area contributed by atoms with Gasteiger partial charge in [-0.2, -0.15) is 0 Å². The van der Waals surface area contributed by atoms with Gasteiger partial charge in [-0.05, 0) is 42.5 Å². The molecule has 1 aromatic heterocycles. The lowest BCUT2D eigenvalue weighted by molar-refractivity contribution is 0.531. The van der Waals surface area contributed by atoms with E-state index in [0.29, 0.717) is 17.3 Å². The fourth-order valence-electron chi connectivity index (χ4n) is 2.07. The molecule has 0 saturated carbocycles. The van der Waals surface area contributed by atoms with Crippen molar-refractivity contribution in [2.75, 3.05) is 5.32 Å². The third kappa shape index (κ3) is 3.26. The van der Waals surface area contributed by atoms with Gasteiger partial charge in [0.25, 0.3) is 0 Å². The van der Waals surface area contributed by atoms with E-state index < -0.39 is 5.82 Å². The highest BCUT2D eigenvalue weighted by atomic mass is 35.5. The highest BCUT2D eigenvalue weighted by molar-refractivity contribution is 6.33. The minimum Gasteiger partial charge on any atom is -0.459 e. The summed E-state index contributed by atoms with van der Waals surface area (Å²) in [4.78, 5) is 0. The summed E-state index contributed by atoms with van der Waals surface area (Å²) in [5.41, 5.74) is 1.57. The van der Waals surface area contributed by atoms with Crippen LogP contribution in [0.4, 0.5) is 10.1 Å². The zero-order chi connectivity index (χ0) is 15.5.